The van der Waals surface area contributed by atoms with Gasteiger partial charge in [-0.3, -0.25) is 0 Å². The zero-order chi connectivity index (χ0) is 14.5. The molecule has 1 aromatic heterocycles. The molecule has 1 aliphatic rings. The molecule has 5 heteroatoms. The van der Waals surface area contributed by atoms with E-state index in [0.717, 1.165) is 30.4 Å². The van der Waals surface area contributed by atoms with Crippen LogP contribution in [0.4, 0.5) is 21.7 Å². The van der Waals surface area contributed by atoms with Gasteiger partial charge in [0.2, 0.25) is 0 Å². The van der Waals surface area contributed by atoms with Crippen molar-refractivity contribution in [3.8, 4) is 0 Å². The van der Waals surface area contributed by atoms with Crippen molar-refractivity contribution in [3.63, 3.8) is 0 Å². The number of hydrogen-bond acceptors (Lipinski definition) is 4. The van der Waals surface area contributed by atoms with Gasteiger partial charge in [-0.05, 0) is 37.1 Å². The number of benzene rings is 1. The van der Waals surface area contributed by atoms with Gasteiger partial charge in [-0.1, -0.05) is 12.8 Å². The van der Waals surface area contributed by atoms with Crippen LogP contribution in [0.2, 0.25) is 0 Å². The quantitative estimate of drug-likeness (QED) is 0.933. The number of halogens is 1. The molecule has 2 aromatic rings. The third kappa shape index (κ3) is 3.68. The van der Waals surface area contributed by atoms with Crippen molar-refractivity contribution in [2.45, 2.75) is 25.7 Å². The SMILES string of the molecule is Fc1ccc(Nc2cc(N3CCCCCC3)ncn2)cc1. The molecule has 110 valence electrons. The van der Waals surface area contributed by atoms with Crippen LogP contribution in [-0.2, 0) is 0 Å². The highest BCUT2D eigenvalue weighted by Crippen LogP contribution is 2.21. The first-order valence-electron chi connectivity index (χ1n) is 7.41. The molecule has 0 radical (unpaired) electrons. The summed E-state index contributed by atoms with van der Waals surface area (Å²) < 4.78 is 12.9. The Bertz CT molecular complexity index is 577. The summed E-state index contributed by atoms with van der Waals surface area (Å²) in [5.41, 5.74) is 0.817. The van der Waals surface area contributed by atoms with Gasteiger partial charge in [0.05, 0.1) is 0 Å². The second-order valence-corrected chi connectivity index (χ2v) is 5.29. The van der Waals surface area contributed by atoms with E-state index >= 15 is 0 Å². The summed E-state index contributed by atoms with van der Waals surface area (Å²) in [7, 11) is 0. The number of rotatable bonds is 3. The minimum atomic E-state index is -0.242. The van der Waals surface area contributed by atoms with Gasteiger partial charge in [-0.2, -0.15) is 0 Å². The average Bonchev–Trinajstić information content (AvgIpc) is 2.79. The molecule has 0 unspecified atom stereocenters. The highest BCUT2D eigenvalue weighted by Gasteiger charge is 2.11. The molecule has 0 amide bonds. The summed E-state index contributed by atoms with van der Waals surface area (Å²) in [6.07, 6.45) is 6.59. The summed E-state index contributed by atoms with van der Waals surface area (Å²) in [6, 6.07) is 8.21. The van der Waals surface area contributed by atoms with Crippen LogP contribution in [0.1, 0.15) is 25.7 Å². The second-order valence-electron chi connectivity index (χ2n) is 5.29. The lowest BCUT2D eigenvalue weighted by atomic mass is 10.2. The van der Waals surface area contributed by atoms with Crippen molar-refractivity contribution in [3.05, 3.63) is 42.5 Å². The zero-order valence-electron chi connectivity index (χ0n) is 11.9. The fourth-order valence-electron chi connectivity index (χ4n) is 2.57. The van der Waals surface area contributed by atoms with Crippen LogP contribution in [0.25, 0.3) is 0 Å². The van der Waals surface area contributed by atoms with E-state index in [1.165, 1.54) is 37.8 Å². The van der Waals surface area contributed by atoms with Gasteiger partial charge >= 0.3 is 0 Å². The lowest BCUT2D eigenvalue weighted by Gasteiger charge is -2.21. The van der Waals surface area contributed by atoms with Crippen LogP contribution in [0, 0.1) is 5.82 Å². The molecule has 0 saturated carbocycles. The first-order valence-corrected chi connectivity index (χ1v) is 7.41. The second kappa shape index (κ2) is 6.52. The third-order valence-electron chi connectivity index (χ3n) is 3.70. The van der Waals surface area contributed by atoms with Crippen molar-refractivity contribution in [2.75, 3.05) is 23.3 Å². The van der Waals surface area contributed by atoms with E-state index in [9.17, 15) is 4.39 Å². The summed E-state index contributed by atoms with van der Waals surface area (Å²) in [5.74, 6) is 1.45. The van der Waals surface area contributed by atoms with Gasteiger partial charge in [0.25, 0.3) is 0 Å². The van der Waals surface area contributed by atoms with E-state index in [4.69, 9.17) is 0 Å². The minimum absolute atomic E-state index is 0.242. The predicted octanol–water partition coefficient (Wildman–Crippen LogP) is 3.74. The fraction of sp³-hybridized carbons (Fsp3) is 0.375. The number of anilines is 3. The number of aromatic nitrogens is 2. The van der Waals surface area contributed by atoms with Crippen molar-refractivity contribution >= 4 is 17.3 Å². The molecule has 0 aliphatic carbocycles. The maximum atomic E-state index is 12.9. The van der Waals surface area contributed by atoms with E-state index in [2.05, 4.69) is 20.2 Å². The Morgan fingerprint density at radius 3 is 2.38 bits per heavy atom. The topological polar surface area (TPSA) is 41.0 Å². The molecule has 0 bridgehead atoms. The van der Waals surface area contributed by atoms with Gasteiger partial charge in [0.15, 0.2) is 0 Å². The van der Waals surface area contributed by atoms with E-state index in [0.29, 0.717) is 0 Å². The third-order valence-corrected chi connectivity index (χ3v) is 3.70. The molecule has 1 N–H and O–H groups in total. The van der Waals surface area contributed by atoms with Gasteiger partial charge < -0.3 is 10.2 Å². The van der Waals surface area contributed by atoms with E-state index in [-0.39, 0.29) is 5.82 Å². The maximum Gasteiger partial charge on any atom is 0.135 e. The predicted molar refractivity (Wildman–Crippen MR) is 82.4 cm³/mol. The molecule has 1 saturated heterocycles. The van der Waals surface area contributed by atoms with Crippen LogP contribution in [-0.4, -0.2) is 23.1 Å². The van der Waals surface area contributed by atoms with Gasteiger partial charge in [0.1, 0.15) is 23.8 Å². The molecule has 0 spiro atoms. The average molecular weight is 286 g/mol. The van der Waals surface area contributed by atoms with Crippen molar-refractivity contribution < 1.29 is 4.39 Å². The van der Waals surface area contributed by atoms with Crippen LogP contribution >= 0.6 is 0 Å². The van der Waals surface area contributed by atoms with Crippen LogP contribution in [0.15, 0.2) is 36.7 Å². The largest absolute Gasteiger partial charge is 0.356 e. The van der Waals surface area contributed by atoms with Crippen LogP contribution < -0.4 is 10.2 Å². The molecule has 3 rings (SSSR count). The van der Waals surface area contributed by atoms with Crippen molar-refractivity contribution in [1.29, 1.82) is 0 Å². The molecule has 21 heavy (non-hydrogen) atoms. The Morgan fingerprint density at radius 1 is 0.952 bits per heavy atom. The van der Waals surface area contributed by atoms with Crippen LogP contribution in [0.3, 0.4) is 0 Å². The summed E-state index contributed by atoms with van der Waals surface area (Å²) in [4.78, 5) is 10.9. The first kappa shape index (κ1) is 13.8. The zero-order valence-corrected chi connectivity index (χ0v) is 11.9. The summed E-state index contributed by atoms with van der Waals surface area (Å²) in [6.45, 7) is 2.10. The number of nitrogens with one attached hydrogen (secondary N) is 1. The van der Waals surface area contributed by atoms with Gasteiger partial charge in [-0.15, -0.1) is 0 Å². The standard InChI is InChI=1S/C16H19FN4/c17-13-5-7-14(8-6-13)20-15-11-16(19-12-18-15)21-9-3-1-2-4-10-21/h5-8,11-12H,1-4,9-10H2,(H,18,19,20). The highest BCUT2D eigenvalue weighted by atomic mass is 19.1. The van der Waals surface area contributed by atoms with Crippen molar-refractivity contribution in [2.24, 2.45) is 0 Å². The van der Waals surface area contributed by atoms with E-state index in [1.807, 2.05) is 6.07 Å². The van der Waals surface area contributed by atoms with E-state index in [1.54, 1.807) is 18.5 Å². The Hall–Kier alpha value is -2.17. The molecule has 1 fully saturated rings. The number of nitrogens with zero attached hydrogens (tertiary/aromatic N) is 3. The first-order chi connectivity index (χ1) is 10.3. The Labute approximate surface area is 124 Å². The Morgan fingerprint density at radius 2 is 1.67 bits per heavy atom. The summed E-state index contributed by atoms with van der Waals surface area (Å²) in [5, 5.41) is 3.18. The smallest absolute Gasteiger partial charge is 0.135 e. The Balaban J connectivity index is 1.74. The molecule has 1 aromatic carbocycles. The normalized spacial score (nSPS) is 15.6. The lowest BCUT2D eigenvalue weighted by Crippen LogP contribution is -2.24. The Kier molecular flexibility index (Phi) is 4.28. The maximum absolute atomic E-state index is 12.9. The minimum Gasteiger partial charge on any atom is -0.356 e. The van der Waals surface area contributed by atoms with Crippen molar-refractivity contribution in [1.82, 2.24) is 9.97 Å². The van der Waals surface area contributed by atoms with E-state index < -0.39 is 0 Å². The molecule has 0 atom stereocenters. The van der Waals surface area contributed by atoms with Gasteiger partial charge in [0, 0.05) is 24.8 Å². The fourth-order valence-corrected chi connectivity index (χ4v) is 2.57. The molecule has 2 heterocycles. The number of hydrogen-bond donors (Lipinski definition) is 1. The molecule has 4 nitrogen and oxygen atoms in total. The highest BCUT2D eigenvalue weighted by molar-refractivity contribution is 5.59. The molecule has 1 aliphatic heterocycles. The van der Waals surface area contributed by atoms with Gasteiger partial charge in [-0.25, -0.2) is 14.4 Å². The lowest BCUT2D eigenvalue weighted by molar-refractivity contribution is 0.628. The molecular formula is C16H19FN4. The summed E-state index contributed by atoms with van der Waals surface area (Å²) >= 11 is 0. The monoisotopic (exact) mass is 286 g/mol. The molecular weight excluding hydrogens is 267 g/mol. The van der Waals surface area contributed by atoms with Crippen LogP contribution in [0.5, 0.6) is 0 Å².